The van der Waals surface area contributed by atoms with Gasteiger partial charge in [0.25, 0.3) is 0 Å². The van der Waals surface area contributed by atoms with Gasteiger partial charge in [-0.2, -0.15) is 0 Å². The highest BCUT2D eigenvalue weighted by Crippen LogP contribution is 2.23. The second-order valence-electron chi connectivity index (χ2n) is 4.81. The van der Waals surface area contributed by atoms with Gasteiger partial charge in [-0.05, 0) is 19.3 Å². The third kappa shape index (κ3) is 3.67. The minimum atomic E-state index is -0.309. The molecule has 3 nitrogen and oxygen atoms in total. The van der Waals surface area contributed by atoms with Crippen molar-refractivity contribution in [3.63, 3.8) is 0 Å². The molecule has 0 aliphatic carbocycles. The van der Waals surface area contributed by atoms with Gasteiger partial charge in [0.1, 0.15) is 0 Å². The fourth-order valence-electron chi connectivity index (χ4n) is 2.28. The molecule has 1 heterocycles. The number of nitrogens with zero attached hydrogens (tertiary/aromatic N) is 1. The second kappa shape index (κ2) is 5.31. The minimum Gasteiger partial charge on any atom is -0.462 e. The van der Waals surface area contributed by atoms with E-state index in [9.17, 15) is 4.79 Å². The average Bonchev–Trinajstić information content (AvgIpc) is 2.20. The Balaban J connectivity index is 2.30. The Morgan fingerprint density at radius 1 is 1.53 bits per heavy atom. The van der Waals surface area contributed by atoms with Crippen molar-refractivity contribution in [3.05, 3.63) is 12.7 Å². The van der Waals surface area contributed by atoms with Gasteiger partial charge in [0, 0.05) is 12.5 Å². The molecule has 1 aliphatic heterocycles. The number of hydrogen-bond acceptors (Lipinski definition) is 2. The van der Waals surface area contributed by atoms with Gasteiger partial charge in [-0.25, -0.2) is 4.79 Å². The summed E-state index contributed by atoms with van der Waals surface area (Å²) in [6.07, 6.45) is 6.06. The molecule has 0 N–H and O–H groups in total. The Labute approximate surface area is 92.3 Å². The van der Waals surface area contributed by atoms with Crippen LogP contribution in [0.1, 0.15) is 25.7 Å². The van der Waals surface area contributed by atoms with Crippen molar-refractivity contribution >= 4 is 5.97 Å². The third-order valence-electron chi connectivity index (χ3n) is 3.37. The molecule has 0 radical (unpaired) electrons. The molecule has 1 atom stereocenters. The van der Waals surface area contributed by atoms with Crippen molar-refractivity contribution in [1.82, 2.24) is 0 Å². The van der Waals surface area contributed by atoms with Gasteiger partial charge in [-0.1, -0.05) is 6.58 Å². The molecule has 0 bridgehead atoms. The second-order valence-corrected chi connectivity index (χ2v) is 4.81. The summed E-state index contributed by atoms with van der Waals surface area (Å²) in [5.41, 5.74) is 0. The molecule has 15 heavy (non-hydrogen) atoms. The molecular formula is C12H22NO2+. The Morgan fingerprint density at radius 2 is 2.27 bits per heavy atom. The van der Waals surface area contributed by atoms with Crippen LogP contribution in [0.4, 0.5) is 0 Å². The molecule has 86 valence electrons. The molecule has 1 saturated heterocycles. The summed E-state index contributed by atoms with van der Waals surface area (Å²) < 4.78 is 6.08. The molecule has 1 rings (SSSR count). The Bertz CT molecular complexity index is 236. The highest BCUT2D eigenvalue weighted by atomic mass is 16.5. The fourth-order valence-corrected chi connectivity index (χ4v) is 2.28. The lowest BCUT2D eigenvalue weighted by molar-refractivity contribution is -0.920. The highest BCUT2D eigenvalue weighted by molar-refractivity contribution is 5.81. The van der Waals surface area contributed by atoms with Crippen LogP contribution in [0.2, 0.25) is 0 Å². The quantitative estimate of drug-likeness (QED) is 0.403. The van der Waals surface area contributed by atoms with Crippen molar-refractivity contribution in [1.29, 1.82) is 0 Å². The summed E-state index contributed by atoms with van der Waals surface area (Å²) in [5.74, 6) is -0.309. The fraction of sp³-hybridized carbons (Fsp3) is 0.750. The zero-order valence-corrected chi connectivity index (χ0v) is 9.87. The topological polar surface area (TPSA) is 26.3 Å². The molecule has 1 aliphatic rings. The van der Waals surface area contributed by atoms with Crippen LogP contribution in [0.5, 0.6) is 0 Å². The first-order chi connectivity index (χ1) is 7.06. The van der Waals surface area contributed by atoms with Gasteiger partial charge < -0.3 is 9.22 Å². The lowest BCUT2D eigenvalue weighted by Gasteiger charge is -2.41. The maximum atomic E-state index is 10.9. The molecule has 0 spiro atoms. The van der Waals surface area contributed by atoms with Gasteiger partial charge in [0.15, 0.2) is 0 Å². The van der Waals surface area contributed by atoms with Crippen molar-refractivity contribution in [2.75, 3.05) is 27.2 Å². The molecule has 0 saturated carbocycles. The van der Waals surface area contributed by atoms with Gasteiger partial charge >= 0.3 is 5.97 Å². The van der Waals surface area contributed by atoms with E-state index < -0.39 is 0 Å². The molecule has 1 unspecified atom stereocenters. The van der Waals surface area contributed by atoms with E-state index in [2.05, 4.69) is 20.7 Å². The first-order valence-electron chi connectivity index (χ1n) is 5.68. The predicted octanol–water partition coefficient (Wildman–Crippen LogP) is 1.73. The molecule has 0 aromatic rings. The first-order valence-corrected chi connectivity index (χ1v) is 5.68. The normalized spacial score (nSPS) is 24.5. The third-order valence-corrected chi connectivity index (χ3v) is 3.37. The summed E-state index contributed by atoms with van der Waals surface area (Å²) in [7, 11) is 4.53. The summed E-state index contributed by atoms with van der Waals surface area (Å²) in [6, 6.07) is 0.636. The zero-order valence-electron chi connectivity index (χ0n) is 9.87. The van der Waals surface area contributed by atoms with E-state index in [4.69, 9.17) is 4.74 Å². The van der Waals surface area contributed by atoms with Crippen LogP contribution >= 0.6 is 0 Å². The van der Waals surface area contributed by atoms with E-state index in [1.165, 1.54) is 31.9 Å². The van der Waals surface area contributed by atoms with E-state index in [1.54, 1.807) is 0 Å². The standard InChI is InChI=1S/C12H22NO2/c1-4-12(14)15-10-8-11-7-5-6-9-13(11,2)3/h4,11H,1,5-10H2,2-3H3/q+1. The maximum absolute atomic E-state index is 10.9. The van der Waals surface area contributed by atoms with Gasteiger partial charge in [0.05, 0.1) is 33.3 Å². The van der Waals surface area contributed by atoms with Gasteiger partial charge in [-0.15, -0.1) is 0 Å². The molecule has 0 amide bonds. The first kappa shape index (κ1) is 12.2. The summed E-state index contributed by atoms with van der Waals surface area (Å²) >= 11 is 0. The average molecular weight is 212 g/mol. The van der Waals surface area contributed by atoms with E-state index in [0.717, 1.165) is 10.9 Å². The number of piperidine rings is 1. The predicted molar refractivity (Wildman–Crippen MR) is 60.4 cm³/mol. The largest absolute Gasteiger partial charge is 0.462 e. The number of hydrogen-bond donors (Lipinski definition) is 0. The van der Waals surface area contributed by atoms with Crippen molar-refractivity contribution in [2.24, 2.45) is 0 Å². The number of quaternary nitrogens is 1. The SMILES string of the molecule is C=CC(=O)OCCC1CCCC[N+]1(C)C. The number of rotatable bonds is 4. The number of esters is 1. The van der Waals surface area contributed by atoms with Crippen LogP contribution in [0, 0.1) is 0 Å². The van der Waals surface area contributed by atoms with E-state index in [0.29, 0.717) is 12.6 Å². The molecule has 0 aromatic heterocycles. The lowest BCUT2D eigenvalue weighted by atomic mass is 9.98. The van der Waals surface area contributed by atoms with Crippen LogP contribution in [0.15, 0.2) is 12.7 Å². The van der Waals surface area contributed by atoms with Crippen LogP contribution < -0.4 is 0 Å². The zero-order chi connectivity index (χ0) is 11.3. The highest BCUT2D eigenvalue weighted by Gasteiger charge is 2.30. The number of carbonyl (C=O) groups is 1. The summed E-state index contributed by atoms with van der Waals surface area (Å²) in [5, 5.41) is 0. The van der Waals surface area contributed by atoms with E-state index >= 15 is 0 Å². The van der Waals surface area contributed by atoms with Crippen LogP contribution in [-0.2, 0) is 9.53 Å². The lowest BCUT2D eigenvalue weighted by Crippen LogP contribution is -2.52. The van der Waals surface area contributed by atoms with Crippen LogP contribution in [0.25, 0.3) is 0 Å². The maximum Gasteiger partial charge on any atom is 0.330 e. The van der Waals surface area contributed by atoms with Crippen molar-refractivity contribution in [2.45, 2.75) is 31.7 Å². The minimum absolute atomic E-state index is 0.309. The Morgan fingerprint density at radius 3 is 2.87 bits per heavy atom. The van der Waals surface area contributed by atoms with E-state index in [-0.39, 0.29) is 5.97 Å². The molecular weight excluding hydrogens is 190 g/mol. The van der Waals surface area contributed by atoms with Crippen molar-refractivity contribution in [3.8, 4) is 0 Å². The number of likely N-dealkylation sites (tertiary alicyclic amines) is 1. The van der Waals surface area contributed by atoms with E-state index in [1.807, 2.05) is 0 Å². The van der Waals surface area contributed by atoms with Gasteiger partial charge in [0.2, 0.25) is 0 Å². The van der Waals surface area contributed by atoms with Crippen LogP contribution in [0.3, 0.4) is 0 Å². The summed E-state index contributed by atoms with van der Waals surface area (Å²) in [4.78, 5) is 10.9. The van der Waals surface area contributed by atoms with Crippen molar-refractivity contribution < 1.29 is 14.0 Å². The monoisotopic (exact) mass is 212 g/mol. The Kier molecular flexibility index (Phi) is 4.33. The number of carbonyl (C=O) groups excluding carboxylic acids is 1. The molecule has 0 aromatic carbocycles. The van der Waals surface area contributed by atoms with Gasteiger partial charge in [-0.3, -0.25) is 0 Å². The Hall–Kier alpha value is -0.830. The molecule has 1 fully saturated rings. The number of ether oxygens (including phenoxy) is 1. The molecule has 3 heteroatoms. The summed E-state index contributed by atoms with van der Waals surface area (Å²) in [6.45, 7) is 5.14. The smallest absolute Gasteiger partial charge is 0.330 e. The van der Waals surface area contributed by atoms with Crippen LogP contribution in [-0.4, -0.2) is 43.7 Å².